The van der Waals surface area contributed by atoms with Gasteiger partial charge in [0.15, 0.2) is 0 Å². The number of aromatic nitrogens is 2. The lowest BCUT2D eigenvalue weighted by molar-refractivity contribution is 0.102. The van der Waals surface area contributed by atoms with Gasteiger partial charge in [0, 0.05) is 23.6 Å². The number of fused-ring (bicyclic) bond motifs is 1. The zero-order valence-corrected chi connectivity index (χ0v) is 11.6. The first-order valence-corrected chi connectivity index (χ1v) is 6.58. The van der Waals surface area contributed by atoms with Crippen molar-refractivity contribution in [3.8, 4) is 0 Å². The van der Waals surface area contributed by atoms with Crippen LogP contribution >= 0.6 is 11.6 Å². The molecule has 0 aliphatic heterocycles. The number of carbonyl (C=O) groups excluding carboxylic acids is 1. The molecule has 3 rings (SSSR count). The summed E-state index contributed by atoms with van der Waals surface area (Å²) in [6, 6.07) is 10.1. The third-order valence-corrected chi connectivity index (χ3v) is 3.33. The van der Waals surface area contributed by atoms with E-state index in [0.717, 1.165) is 5.52 Å². The van der Waals surface area contributed by atoms with Gasteiger partial charge in [-0.3, -0.25) is 14.8 Å². The van der Waals surface area contributed by atoms with E-state index in [0.29, 0.717) is 27.5 Å². The summed E-state index contributed by atoms with van der Waals surface area (Å²) in [6.45, 7) is 0. The van der Waals surface area contributed by atoms with Crippen LogP contribution in [-0.2, 0) is 0 Å². The number of benzene rings is 2. The van der Waals surface area contributed by atoms with Gasteiger partial charge < -0.3 is 11.1 Å². The van der Waals surface area contributed by atoms with Crippen molar-refractivity contribution in [2.24, 2.45) is 0 Å². The molecule has 0 fully saturated rings. The second-order valence-electron chi connectivity index (χ2n) is 4.45. The van der Waals surface area contributed by atoms with Crippen LogP contribution in [0.5, 0.6) is 0 Å². The van der Waals surface area contributed by atoms with Crippen LogP contribution in [0.15, 0.2) is 48.8 Å². The van der Waals surface area contributed by atoms with Gasteiger partial charge in [-0.25, -0.2) is 0 Å². The second kappa shape index (κ2) is 5.38. The quantitative estimate of drug-likeness (QED) is 0.712. The summed E-state index contributed by atoms with van der Waals surface area (Å²) in [5, 5.41) is 3.22. The first kappa shape index (κ1) is 13.3. The summed E-state index contributed by atoms with van der Waals surface area (Å²) in [4.78, 5) is 20.6. The smallest absolute Gasteiger partial charge is 0.255 e. The highest BCUT2D eigenvalue weighted by Crippen LogP contribution is 2.23. The van der Waals surface area contributed by atoms with E-state index in [-0.39, 0.29) is 5.91 Å². The third kappa shape index (κ3) is 2.78. The number of nitrogens with zero attached hydrogens (tertiary/aromatic N) is 2. The number of halogens is 1. The molecule has 6 heteroatoms. The zero-order chi connectivity index (χ0) is 14.8. The number of rotatable bonds is 2. The summed E-state index contributed by atoms with van der Waals surface area (Å²) >= 11 is 5.85. The van der Waals surface area contributed by atoms with E-state index in [1.807, 2.05) is 0 Å². The lowest BCUT2D eigenvalue weighted by atomic mass is 10.1. The van der Waals surface area contributed by atoms with Crippen LogP contribution in [-0.4, -0.2) is 15.9 Å². The largest absolute Gasteiger partial charge is 0.397 e. The average molecular weight is 299 g/mol. The maximum absolute atomic E-state index is 12.2. The van der Waals surface area contributed by atoms with Crippen molar-refractivity contribution in [3.05, 3.63) is 59.4 Å². The monoisotopic (exact) mass is 298 g/mol. The summed E-state index contributed by atoms with van der Waals surface area (Å²) < 4.78 is 0. The first-order chi connectivity index (χ1) is 10.1. The molecule has 104 valence electrons. The fraction of sp³-hybridized carbons (Fsp3) is 0. The predicted molar refractivity (Wildman–Crippen MR) is 83.4 cm³/mol. The molecule has 0 aliphatic rings. The Balaban J connectivity index is 1.87. The standard InChI is InChI=1S/C15H11ClN4O/c16-11-3-2-10(8-12(11)17)20-15(21)9-1-4-13-14(7-9)19-6-5-18-13/h1-8H,17H2,(H,20,21). The number of amides is 1. The number of anilines is 2. The van der Waals surface area contributed by atoms with Gasteiger partial charge in [-0.15, -0.1) is 0 Å². The summed E-state index contributed by atoms with van der Waals surface area (Å²) in [5.74, 6) is -0.246. The van der Waals surface area contributed by atoms with Crippen molar-refractivity contribution in [1.29, 1.82) is 0 Å². The summed E-state index contributed by atoms with van der Waals surface area (Å²) in [7, 11) is 0. The molecule has 1 heterocycles. The molecule has 0 spiro atoms. The van der Waals surface area contributed by atoms with E-state index in [1.54, 1.807) is 48.8 Å². The Morgan fingerprint density at radius 2 is 1.81 bits per heavy atom. The SMILES string of the molecule is Nc1cc(NC(=O)c2ccc3nccnc3c2)ccc1Cl. The Morgan fingerprint density at radius 1 is 1.05 bits per heavy atom. The Kier molecular flexibility index (Phi) is 3.41. The molecule has 0 saturated heterocycles. The van der Waals surface area contributed by atoms with Crippen molar-refractivity contribution in [1.82, 2.24) is 9.97 Å². The molecule has 21 heavy (non-hydrogen) atoms. The Bertz CT molecular complexity index is 835. The fourth-order valence-corrected chi connectivity index (χ4v) is 2.05. The van der Waals surface area contributed by atoms with Gasteiger partial charge in [-0.1, -0.05) is 11.6 Å². The molecule has 0 atom stereocenters. The van der Waals surface area contributed by atoms with Gasteiger partial charge in [-0.05, 0) is 36.4 Å². The minimum absolute atomic E-state index is 0.246. The van der Waals surface area contributed by atoms with Crippen molar-refractivity contribution < 1.29 is 4.79 Å². The van der Waals surface area contributed by atoms with Crippen LogP contribution in [0.1, 0.15) is 10.4 Å². The van der Waals surface area contributed by atoms with Gasteiger partial charge in [0.25, 0.3) is 5.91 Å². The van der Waals surface area contributed by atoms with E-state index < -0.39 is 0 Å². The molecule has 1 amide bonds. The molecule has 3 aromatic rings. The van der Waals surface area contributed by atoms with Gasteiger partial charge in [0.2, 0.25) is 0 Å². The molecular weight excluding hydrogens is 288 g/mol. The average Bonchev–Trinajstić information content (AvgIpc) is 2.50. The summed E-state index contributed by atoms with van der Waals surface area (Å²) in [6.07, 6.45) is 3.20. The van der Waals surface area contributed by atoms with Crippen LogP contribution in [0.3, 0.4) is 0 Å². The van der Waals surface area contributed by atoms with E-state index in [2.05, 4.69) is 15.3 Å². The topological polar surface area (TPSA) is 80.9 Å². The number of nitrogens with two attached hydrogens (primary N) is 1. The van der Waals surface area contributed by atoms with Gasteiger partial charge in [-0.2, -0.15) is 0 Å². The highest BCUT2D eigenvalue weighted by atomic mass is 35.5. The minimum Gasteiger partial charge on any atom is -0.397 e. The molecule has 2 aromatic carbocycles. The van der Waals surface area contributed by atoms with Crippen molar-refractivity contribution in [2.75, 3.05) is 11.1 Å². The molecule has 3 N–H and O–H groups in total. The van der Waals surface area contributed by atoms with Crippen LogP contribution in [0, 0.1) is 0 Å². The number of nitrogen functional groups attached to an aromatic ring is 1. The van der Waals surface area contributed by atoms with Crippen LogP contribution in [0.4, 0.5) is 11.4 Å². The second-order valence-corrected chi connectivity index (χ2v) is 4.86. The highest BCUT2D eigenvalue weighted by molar-refractivity contribution is 6.33. The van der Waals surface area contributed by atoms with Crippen LogP contribution in [0.25, 0.3) is 11.0 Å². The van der Waals surface area contributed by atoms with Gasteiger partial charge in [0.1, 0.15) is 0 Å². The van der Waals surface area contributed by atoms with E-state index in [9.17, 15) is 4.79 Å². The molecule has 5 nitrogen and oxygen atoms in total. The number of nitrogens with one attached hydrogen (secondary N) is 1. The lowest BCUT2D eigenvalue weighted by Gasteiger charge is -2.07. The molecular formula is C15H11ClN4O. The first-order valence-electron chi connectivity index (χ1n) is 6.20. The molecule has 1 aromatic heterocycles. The molecule has 0 aliphatic carbocycles. The number of hydrogen-bond donors (Lipinski definition) is 2. The van der Waals surface area contributed by atoms with E-state index in [4.69, 9.17) is 17.3 Å². The van der Waals surface area contributed by atoms with Crippen LogP contribution < -0.4 is 11.1 Å². The van der Waals surface area contributed by atoms with Gasteiger partial charge >= 0.3 is 0 Å². The van der Waals surface area contributed by atoms with Gasteiger partial charge in [0.05, 0.1) is 21.7 Å². The Hall–Kier alpha value is -2.66. The maximum atomic E-state index is 12.2. The zero-order valence-electron chi connectivity index (χ0n) is 10.9. The van der Waals surface area contributed by atoms with Crippen LogP contribution in [0.2, 0.25) is 5.02 Å². The lowest BCUT2D eigenvalue weighted by Crippen LogP contribution is -2.12. The summed E-state index contributed by atoms with van der Waals surface area (Å²) in [5.41, 5.74) is 8.61. The minimum atomic E-state index is -0.246. The molecule has 0 unspecified atom stereocenters. The van der Waals surface area contributed by atoms with E-state index in [1.165, 1.54) is 0 Å². The van der Waals surface area contributed by atoms with Crippen molar-refractivity contribution >= 4 is 39.9 Å². The van der Waals surface area contributed by atoms with Crippen molar-refractivity contribution in [2.45, 2.75) is 0 Å². The highest BCUT2D eigenvalue weighted by Gasteiger charge is 2.08. The Labute approximate surface area is 125 Å². The molecule has 0 radical (unpaired) electrons. The Morgan fingerprint density at radius 3 is 2.57 bits per heavy atom. The maximum Gasteiger partial charge on any atom is 0.255 e. The molecule has 0 bridgehead atoms. The number of carbonyl (C=O) groups is 1. The fourth-order valence-electron chi connectivity index (χ4n) is 1.93. The normalized spacial score (nSPS) is 10.5. The van der Waals surface area contributed by atoms with E-state index >= 15 is 0 Å². The van der Waals surface area contributed by atoms with Crippen molar-refractivity contribution in [3.63, 3.8) is 0 Å². The number of hydrogen-bond acceptors (Lipinski definition) is 4. The molecule has 0 saturated carbocycles. The third-order valence-electron chi connectivity index (χ3n) is 2.99. The predicted octanol–water partition coefficient (Wildman–Crippen LogP) is 3.12.